The van der Waals surface area contributed by atoms with Crippen LogP contribution in [-0.2, 0) is 23.8 Å². The van der Waals surface area contributed by atoms with Gasteiger partial charge in [0.25, 0.3) is 0 Å². The van der Waals surface area contributed by atoms with Crippen LogP contribution in [0.1, 0.15) is 52.1 Å². The maximum atomic E-state index is 4.83. The summed E-state index contributed by atoms with van der Waals surface area (Å²) in [4.78, 5) is 4.83. The fraction of sp³-hybridized carbons (Fsp3) is 0.216. The molecule has 2 aliphatic rings. The smallest absolute Gasteiger partial charge is 0.147 e. The van der Waals surface area contributed by atoms with Gasteiger partial charge in [0.1, 0.15) is 0 Å². The van der Waals surface area contributed by atoms with Gasteiger partial charge in [0.15, 0.2) is 0 Å². The van der Waals surface area contributed by atoms with Crippen LogP contribution in [-0.4, -0.2) is 11.9 Å². The Labute approximate surface area is 265 Å². The number of benzene rings is 4. The van der Waals surface area contributed by atoms with Crippen molar-refractivity contribution < 1.29 is 17.4 Å². The van der Waals surface area contributed by atoms with Crippen molar-refractivity contribution in [2.45, 2.75) is 45.5 Å². The first-order valence-electron chi connectivity index (χ1n) is 14.8. The van der Waals surface area contributed by atoms with Crippen molar-refractivity contribution in [1.82, 2.24) is 4.98 Å². The van der Waals surface area contributed by atoms with Gasteiger partial charge in [-0.1, -0.05) is 0 Å². The quantitative estimate of drug-likeness (QED) is 0.159. The average molecular weight is 688 g/mol. The standard InChI is InChI=1S/C22H20N.C13H9.2CH3.2ClH.H2Si.Zr/c1-2-3-7-16-12-17-9-6-10-20(21(17)13-16)19-14-18-8-4-5-11-22(18)23-15-19;1-3-7-12-10(5-1)9-11-6-2-4-8-13(11)12;;;;;;/h4-6,8-15H,2-3,7H2,1H3;1-5,7-8H,9H2;2*1H3;2*1H;1H2;. The molecule has 5 heteroatoms. The van der Waals surface area contributed by atoms with Gasteiger partial charge in [0, 0.05) is 0 Å². The number of hydrogen-bond acceptors (Lipinski definition) is 1. The minimum Gasteiger partial charge on any atom is -0.147 e. The molecule has 0 saturated heterocycles. The molecule has 1 heterocycles. The van der Waals surface area contributed by atoms with Crippen LogP contribution in [0.15, 0.2) is 103 Å². The van der Waals surface area contributed by atoms with Crippen molar-refractivity contribution in [2.75, 3.05) is 0 Å². The molecule has 0 fully saturated rings. The number of unbranched alkanes of at least 4 members (excludes halogenated alkanes) is 1. The van der Waals surface area contributed by atoms with Crippen molar-refractivity contribution in [3.63, 3.8) is 0 Å². The predicted octanol–water partition coefficient (Wildman–Crippen LogP) is 9.60. The van der Waals surface area contributed by atoms with Crippen molar-refractivity contribution in [2.24, 2.45) is 0 Å². The minimum absolute atomic E-state index is 0. The van der Waals surface area contributed by atoms with E-state index >= 15 is 0 Å². The number of rotatable bonds is 6. The van der Waals surface area contributed by atoms with Gasteiger partial charge in [-0.05, 0) is 0 Å². The molecule has 0 radical (unpaired) electrons. The predicted molar refractivity (Wildman–Crippen MR) is 187 cm³/mol. The van der Waals surface area contributed by atoms with Gasteiger partial charge >= 0.3 is 242 Å². The molecule has 0 N–H and O–H groups in total. The topological polar surface area (TPSA) is 12.9 Å². The molecule has 0 spiro atoms. The van der Waals surface area contributed by atoms with Crippen LogP contribution in [0.4, 0.5) is 0 Å². The first-order chi connectivity index (χ1) is 19.3. The van der Waals surface area contributed by atoms with Crippen LogP contribution in [0.2, 0.25) is 9.26 Å². The van der Waals surface area contributed by atoms with Crippen LogP contribution in [0.3, 0.4) is 0 Å². The first kappa shape index (κ1) is 31.1. The largest absolute Gasteiger partial charge is 0.147 e. The van der Waals surface area contributed by atoms with Gasteiger partial charge in [-0.2, -0.15) is 0 Å². The molecule has 2 aliphatic carbocycles. The summed E-state index contributed by atoms with van der Waals surface area (Å²) in [6.07, 6.45) is 9.39. The first-order valence-corrected chi connectivity index (χ1v) is 28.3. The van der Waals surface area contributed by atoms with E-state index in [1.54, 1.807) is 20.0 Å². The van der Waals surface area contributed by atoms with Gasteiger partial charge in [-0.3, -0.25) is 0 Å². The van der Waals surface area contributed by atoms with E-state index in [0.717, 1.165) is 11.9 Å². The zero-order valence-electron chi connectivity index (χ0n) is 24.7. The summed E-state index contributed by atoms with van der Waals surface area (Å²) in [5, 5.41) is 1.20. The Bertz CT molecular complexity index is 1920. The van der Waals surface area contributed by atoms with E-state index in [1.165, 1.54) is 58.0 Å². The molecule has 0 saturated carbocycles. The number of allylic oxidation sites excluding steroid dienone is 1. The number of aromatic nitrogens is 1. The van der Waals surface area contributed by atoms with Gasteiger partial charge < -0.3 is 0 Å². The van der Waals surface area contributed by atoms with Crippen molar-refractivity contribution in [3.05, 3.63) is 125 Å². The number of pyridine rings is 1. The van der Waals surface area contributed by atoms with Crippen LogP contribution in [0, 0.1) is 0 Å². The minimum atomic E-state index is -3.61. The molecule has 1 unspecified atom stereocenters. The monoisotopic (exact) mass is 685 g/mol. The molecular formula is C37H39Cl2NSiZr. The molecule has 1 aromatic heterocycles. The summed E-state index contributed by atoms with van der Waals surface area (Å²) in [7, 11) is 0. The molecule has 1 nitrogen and oxygen atoms in total. The molecule has 7 rings (SSSR count). The van der Waals surface area contributed by atoms with Crippen molar-refractivity contribution in [3.8, 4) is 22.3 Å². The van der Waals surface area contributed by atoms with Crippen molar-refractivity contribution >= 4 is 51.9 Å². The maximum Gasteiger partial charge on any atom is -0.147 e. The Hall–Kier alpha value is -2.29. The number of para-hydroxylation sites is 1. The summed E-state index contributed by atoms with van der Waals surface area (Å²) in [6, 6.07) is 34.1. The third-order valence-corrected chi connectivity index (χ3v) is 25.9. The van der Waals surface area contributed by atoms with Crippen LogP contribution < -0.4 is 3.27 Å². The third kappa shape index (κ3) is 5.01. The third-order valence-electron chi connectivity index (χ3n) is 9.53. The Morgan fingerprint density at radius 2 is 1.55 bits per heavy atom. The average Bonchev–Trinajstić information content (AvgIpc) is 3.54. The summed E-state index contributed by atoms with van der Waals surface area (Å²) in [5.74, 6) is 0. The fourth-order valence-electron chi connectivity index (χ4n) is 7.71. The second-order valence-corrected chi connectivity index (χ2v) is 42.4. The zero-order valence-corrected chi connectivity index (χ0v) is 30.2. The van der Waals surface area contributed by atoms with Gasteiger partial charge in [0.2, 0.25) is 0 Å². The second kappa shape index (κ2) is 11.7. The number of nitrogens with zero attached hydrogens (tertiary/aromatic N) is 1. The molecule has 42 heavy (non-hydrogen) atoms. The van der Waals surface area contributed by atoms with Crippen LogP contribution in [0.25, 0.3) is 39.2 Å². The summed E-state index contributed by atoms with van der Waals surface area (Å²) in [6.45, 7) is 4.74. The molecule has 1 atom stereocenters. The van der Waals surface area contributed by atoms with Gasteiger partial charge in [-0.15, -0.1) is 24.8 Å². The van der Waals surface area contributed by atoms with Crippen LogP contribution in [0.5, 0.6) is 0 Å². The van der Waals surface area contributed by atoms with E-state index in [2.05, 4.69) is 126 Å². The van der Waals surface area contributed by atoms with Gasteiger partial charge in [0.05, 0.1) is 0 Å². The Balaban J connectivity index is 0.00000176. The summed E-state index contributed by atoms with van der Waals surface area (Å²) in [5.41, 5.74) is 14.2. The molecule has 5 aromatic rings. The Morgan fingerprint density at radius 1 is 0.833 bits per heavy atom. The molecule has 0 bridgehead atoms. The van der Waals surface area contributed by atoms with Crippen LogP contribution >= 0.6 is 24.8 Å². The van der Waals surface area contributed by atoms with E-state index in [0.29, 0.717) is 3.63 Å². The fourth-order valence-corrected chi connectivity index (χ4v) is 24.4. The van der Waals surface area contributed by atoms with Gasteiger partial charge in [-0.25, -0.2) is 0 Å². The zero-order chi connectivity index (χ0) is 27.5. The Morgan fingerprint density at radius 3 is 2.38 bits per heavy atom. The van der Waals surface area contributed by atoms with E-state index in [-0.39, 0.29) is 24.8 Å². The van der Waals surface area contributed by atoms with Crippen molar-refractivity contribution in [1.29, 1.82) is 0 Å². The van der Waals surface area contributed by atoms with E-state index in [4.69, 9.17) is 4.98 Å². The number of hydrogen-bond donors (Lipinski definition) is 0. The molecular weight excluding hydrogens is 649 g/mol. The number of fused-ring (bicyclic) bond motifs is 5. The maximum absolute atomic E-state index is 4.83. The number of halogens is 2. The van der Waals surface area contributed by atoms with E-state index in [1.807, 2.05) is 0 Å². The van der Waals surface area contributed by atoms with E-state index < -0.39 is 17.4 Å². The Kier molecular flexibility index (Phi) is 8.65. The van der Waals surface area contributed by atoms with E-state index in [9.17, 15) is 0 Å². The summed E-state index contributed by atoms with van der Waals surface area (Å²) < 4.78 is 7.67. The molecule has 0 aliphatic heterocycles. The molecule has 4 aromatic carbocycles. The molecule has 0 amide bonds. The molecule has 214 valence electrons. The SMILES string of the molecule is CCCCC1=Cc2c(-c3cnc4ccccc4c3)cccc2[CH]1[Zr]([CH3])([CH3])(=[SiH2])[c]1cccc2c1Cc1ccccc1-2.Cl.Cl. The second-order valence-electron chi connectivity index (χ2n) is 13.0. The summed E-state index contributed by atoms with van der Waals surface area (Å²) >= 11 is -3.61. The normalized spacial score (nSPS) is 15.2.